The van der Waals surface area contributed by atoms with E-state index < -0.39 is 0 Å². The fourth-order valence-corrected chi connectivity index (χ4v) is 3.80. The lowest BCUT2D eigenvalue weighted by atomic mass is 9.89. The molecule has 0 spiro atoms. The lowest BCUT2D eigenvalue weighted by Crippen LogP contribution is -2.43. The third-order valence-corrected chi connectivity index (χ3v) is 5.08. The molecule has 5 nitrogen and oxygen atoms in total. The second-order valence-corrected chi connectivity index (χ2v) is 6.16. The van der Waals surface area contributed by atoms with Gasteiger partial charge in [-0.1, -0.05) is 6.42 Å². The highest BCUT2D eigenvalue weighted by molar-refractivity contribution is 5.85. The van der Waals surface area contributed by atoms with Gasteiger partial charge in [0.05, 0.1) is 6.20 Å². The van der Waals surface area contributed by atoms with Crippen LogP contribution in [0, 0.1) is 11.8 Å². The van der Waals surface area contributed by atoms with Crippen LogP contribution < -0.4 is 5.73 Å². The van der Waals surface area contributed by atoms with E-state index in [4.69, 9.17) is 5.73 Å². The van der Waals surface area contributed by atoms with Crippen molar-refractivity contribution in [1.29, 1.82) is 0 Å². The van der Waals surface area contributed by atoms with Crippen molar-refractivity contribution in [3.05, 3.63) is 18.0 Å². The van der Waals surface area contributed by atoms with Crippen molar-refractivity contribution in [2.75, 3.05) is 19.6 Å². The molecule has 0 radical (unpaired) electrons. The van der Waals surface area contributed by atoms with Gasteiger partial charge in [0.15, 0.2) is 0 Å². The summed E-state index contributed by atoms with van der Waals surface area (Å²) in [5.74, 6) is 1.50. The number of aromatic nitrogens is 2. The Morgan fingerprint density at radius 1 is 1.27 bits per heavy atom. The van der Waals surface area contributed by atoms with Gasteiger partial charge in [-0.25, -0.2) is 0 Å². The number of carbonyl (C=O) groups is 1. The van der Waals surface area contributed by atoms with E-state index >= 15 is 0 Å². The Hall–Kier alpha value is -0.780. The van der Waals surface area contributed by atoms with Gasteiger partial charge in [-0.2, -0.15) is 5.10 Å². The van der Waals surface area contributed by atoms with Crippen LogP contribution in [0.1, 0.15) is 43.6 Å². The van der Waals surface area contributed by atoms with Crippen LogP contribution in [0.25, 0.3) is 0 Å². The molecular formula is C15H26Cl2N4O. The molecule has 2 aliphatic rings. The van der Waals surface area contributed by atoms with E-state index in [0.717, 1.165) is 45.2 Å². The number of hydrogen-bond donors (Lipinski definition) is 2. The minimum atomic E-state index is 0. The number of amides is 1. The molecule has 1 saturated carbocycles. The molecule has 2 heterocycles. The van der Waals surface area contributed by atoms with Crippen LogP contribution in [-0.4, -0.2) is 40.6 Å². The molecule has 0 unspecified atom stereocenters. The Morgan fingerprint density at radius 3 is 2.59 bits per heavy atom. The molecule has 22 heavy (non-hydrogen) atoms. The van der Waals surface area contributed by atoms with Crippen molar-refractivity contribution < 1.29 is 4.79 Å². The summed E-state index contributed by atoms with van der Waals surface area (Å²) in [6, 6.07) is 0. The minimum absolute atomic E-state index is 0. The Labute approximate surface area is 144 Å². The predicted octanol–water partition coefficient (Wildman–Crippen LogP) is 2.33. The van der Waals surface area contributed by atoms with Crippen LogP contribution in [0.15, 0.2) is 12.4 Å². The van der Waals surface area contributed by atoms with Gasteiger partial charge in [0.25, 0.3) is 0 Å². The van der Waals surface area contributed by atoms with Crippen LogP contribution in [0.3, 0.4) is 0 Å². The Morgan fingerprint density at radius 2 is 2.00 bits per heavy atom. The molecule has 7 heteroatoms. The molecule has 1 saturated heterocycles. The summed E-state index contributed by atoms with van der Waals surface area (Å²) in [7, 11) is 0. The topological polar surface area (TPSA) is 75.0 Å². The van der Waals surface area contributed by atoms with Crippen LogP contribution in [0.2, 0.25) is 0 Å². The first-order valence-corrected chi connectivity index (χ1v) is 7.77. The second kappa shape index (κ2) is 8.75. The van der Waals surface area contributed by atoms with E-state index in [1.165, 1.54) is 5.56 Å². The van der Waals surface area contributed by atoms with Gasteiger partial charge in [0.1, 0.15) is 0 Å². The summed E-state index contributed by atoms with van der Waals surface area (Å²) < 4.78 is 0. The molecule has 2 fully saturated rings. The molecular weight excluding hydrogens is 323 g/mol. The van der Waals surface area contributed by atoms with Crippen molar-refractivity contribution in [2.45, 2.75) is 38.0 Å². The number of nitrogens with two attached hydrogens (primary N) is 1. The molecule has 1 aromatic heterocycles. The normalized spacial score (nSPS) is 25.4. The number of rotatable bonds is 3. The van der Waals surface area contributed by atoms with Crippen LogP contribution in [-0.2, 0) is 4.79 Å². The van der Waals surface area contributed by atoms with Crippen molar-refractivity contribution >= 4 is 30.7 Å². The van der Waals surface area contributed by atoms with E-state index in [1.807, 2.05) is 12.4 Å². The summed E-state index contributed by atoms with van der Waals surface area (Å²) in [6.45, 7) is 2.41. The SMILES string of the molecule is Cl.Cl.NC[C@H]1CCC[C@H]1C(=O)N1CCC(c2cn[nH]c2)CC1. The first kappa shape index (κ1) is 19.3. The monoisotopic (exact) mass is 348 g/mol. The smallest absolute Gasteiger partial charge is 0.226 e. The average Bonchev–Trinajstić information content (AvgIpc) is 3.17. The molecule has 3 N–H and O–H groups in total. The molecule has 1 aromatic rings. The molecule has 1 amide bonds. The van der Waals surface area contributed by atoms with Gasteiger partial charge in [-0.05, 0) is 49.6 Å². The molecule has 2 atom stereocenters. The fourth-order valence-electron chi connectivity index (χ4n) is 3.80. The van der Waals surface area contributed by atoms with Crippen molar-refractivity contribution in [2.24, 2.45) is 17.6 Å². The van der Waals surface area contributed by atoms with Crippen LogP contribution in [0.4, 0.5) is 0 Å². The van der Waals surface area contributed by atoms with Gasteiger partial charge < -0.3 is 10.6 Å². The number of likely N-dealkylation sites (tertiary alicyclic amines) is 1. The number of H-pyrrole nitrogens is 1. The lowest BCUT2D eigenvalue weighted by Gasteiger charge is -2.34. The van der Waals surface area contributed by atoms with Crippen molar-refractivity contribution in [3.8, 4) is 0 Å². The van der Waals surface area contributed by atoms with Gasteiger partial charge in [-0.3, -0.25) is 9.89 Å². The number of piperidine rings is 1. The maximum absolute atomic E-state index is 12.6. The first-order valence-electron chi connectivity index (χ1n) is 7.77. The van der Waals surface area contributed by atoms with Gasteiger partial charge >= 0.3 is 0 Å². The summed E-state index contributed by atoms with van der Waals surface area (Å²) in [5.41, 5.74) is 7.07. The third kappa shape index (κ3) is 3.94. The predicted molar refractivity (Wildman–Crippen MR) is 91.5 cm³/mol. The molecule has 0 bridgehead atoms. The van der Waals surface area contributed by atoms with E-state index in [9.17, 15) is 4.79 Å². The van der Waals surface area contributed by atoms with E-state index in [-0.39, 0.29) is 30.7 Å². The van der Waals surface area contributed by atoms with Gasteiger partial charge in [-0.15, -0.1) is 24.8 Å². The Bertz CT molecular complexity index is 446. The molecule has 126 valence electrons. The zero-order chi connectivity index (χ0) is 13.9. The van der Waals surface area contributed by atoms with Crippen molar-refractivity contribution in [3.63, 3.8) is 0 Å². The standard InChI is InChI=1S/C15H24N4O.2ClH/c16-8-12-2-1-3-14(12)15(20)19-6-4-11(5-7-19)13-9-17-18-10-13;;/h9-12,14H,1-8,16H2,(H,17,18);2*1H/t12-,14-;;/m1../s1. The Kier molecular flexibility index (Phi) is 7.66. The maximum Gasteiger partial charge on any atom is 0.226 e. The highest BCUT2D eigenvalue weighted by atomic mass is 35.5. The molecule has 3 rings (SSSR count). The van der Waals surface area contributed by atoms with Crippen LogP contribution >= 0.6 is 24.8 Å². The zero-order valence-corrected chi connectivity index (χ0v) is 14.4. The third-order valence-electron chi connectivity index (χ3n) is 5.08. The number of hydrogen-bond acceptors (Lipinski definition) is 3. The highest BCUT2D eigenvalue weighted by Gasteiger charge is 2.36. The molecule has 0 aromatic carbocycles. The average molecular weight is 349 g/mol. The van der Waals surface area contributed by atoms with Crippen molar-refractivity contribution in [1.82, 2.24) is 15.1 Å². The van der Waals surface area contributed by atoms with Crippen LogP contribution in [0.5, 0.6) is 0 Å². The quantitative estimate of drug-likeness (QED) is 0.880. The van der Waals surface area contributed by atoms with Gasteiger partial charge in [0, 0.05) is 25.2 Å². The van der Waals surface area contributed by atoms with E-state index in [1.54, 1.807) is 0 Å². The summed E-state index contributed by atoms with van der Waals surface area (Å²) in [4.78, 5) is 14.7. The number of nitrogens with zero attached hydrogens (tertiary/aromatic N) is 2. The number of halogens is 2. The first-order chi connectivity index (χ1) is 9.79. The summed E-state index contributed by atoms with van der Waals surface area (Å²) in [6.07, 6.45) is 9.29. The maximum atomic E-state index is 12.6. The zero-order valence-electron chi connectivity index (χ0n) is 12.7. The molecule has 1 aliphatic heterocycles. The number of aromatic amines is 1. The largest absolute Gasteiger partial charge is 0.342 e. The van der Waals surface area contributed by atoms with E-state index in [0.29, 0.717) is 24.3 Å². The number of carbonyl (C=O) groups excluding carboxylic acids is 1. The number of nitrogens with one attached hydrogen (secondary N) is 1. The highest BCUT2D eigenvalue weighted by Crippen LogP contribution is 2.34. The van der Waals surface area contributed by atoms with E-state index in [2.05, 4.69) is 15.1 Å². The summed E-state index contributed by atoms with van der Waals surface area (Å²) >= 11 is 0. The van der Waals surface area contributed by atoms with Gasteiger partial charge in [0.2, 0.25) is 5.91 Å². The Balaban J connectivity index is 0.00000121. The summed E-state index contributed by atoms with van der Waals surface area (Å²) in [5, 5.41) is 6.89. The minimum Gasteiger partial charge on any atom is -0.342 e. The lowest BCUT2D eigenvalue weighted by molar-refractivity contribution is -0.137. The fraction of sp³-hybridized carbons (Fsp3) is 0.733. The molecule has 1 aliphatic carbocycles. The second-order valence-electron chi connectivity index (χ2n) is 6.16.